The monoisotopic (exact) mass is 324 g/mol. The summed E-state index contributed by atoms with van der Waals surface area (Å²) >= 11 is 1.42. The van der Waals surface area contributed by atoms with E-state index in [1.807, 2.05) is 49.4 Å². The van der Waals surface area contributed by atoms with Gasteiger partial charge in [-0.1, -0.05) is 30.3 Å². The molecule has 0 bridgehead atoms. The van der Waals surface area contributed by atoms with Crippen molar-refractivity contribution in [2.75, 3.05) is 12.4 Å². The normalized spacial score (nSPS) is 10.3. The molecule has 0 saturated heterocycles. The number of aryl methyl sites for hydroxylation is 1. The maximum atomic E-state index is 12.5. The van der Waals surface area contributed by atoms with E-state index >= 15 is 0 Å². The summed E-state index contributed by atoms with van der Waals surface area (Å²) in [5.41, 5.74) is 2.64. The Bertz CT molecular complexity index is 828. The molecule has 2 aromatic heterocycles. The Balaban J connectivity index is 1.90. The Hall–Kier alpha value is -2.66. The molecule has 1 N–H and O–H groups in total. The summed E-state index contributed by atoms with van der Waals surface area (Å²) in [6.45, 7) is 1.88. The molecule has 0 atom stereocenters. The third-order valence-corrected chi connectivity index (χ3v) is 4.50. The Morgan fingerprint density at radius 2 is 1.96 bits per heavy atom. The average molecular weight is 324 g/mol. The Morgan fingerprint density at radius 1 is 1.17 bits per heavy atom. The molecule has 0 radical (unpaired) electrons. The van der Waals surface area contributed by atoms with Crippen molar-refractivity contribution in [2.45, 2.75) is 6.92 Å². The van der Waals surface area contributed by atoms with Crippen molar-refractivity contribution in [3.8, 4) is 16.2 Å². The van der Waals surface area contributed by atoms with Gasteiger partial charge in [0, 0.05) is 22.5 Å². The SMILES string of the molecule is COc1cc(-c2ccccc2)sc1C(=O)Nc1ccnc(C)c1. The summed E-state index contributed by atoms with van der Waals surface area (Å²) in [7, 11) is 1.57. The van der Waals surface area contributed by atoms with E-state index in [4.69, 9.17) is 4.74 Å². The number of nitrogens with one attached hydrogen (secondary N) is 1. The van der Waals surface area contributed by atoms with Crippen molar-refractivity contribution in [3.05, 3.63) is 65.3 Å². The maximum Gasteiger partial charge on any atom is 0.269 e. The highest BCUT2D eigenvalue weighted by Crippen LogP contribution is 2.36. The average Bonchev–Trinajstić information content (AvgIpc) is 3.00. The minimum atomic E-state index is -0.181. The standard InChI is InChI=1S/C18H16N2O2S/c1-12-10-14(8-9-19-12)20-18(21)17-15(22-2)11-16(23-17)13-6-4-3-5-7-13/h3-11H,1-2H3,(H,19,20,21). The molecule has 0 spiro atoms. The lowest BCUT2D eigenvalue weighted by atomic mass is 10.2. The number of aromatic nitrogens is 1. The predicted octanol–water partition coefficient (Wildman–Crippen LogP) is 4.38. The Labute approximate surface area is 138 Å². The third kappa shape index (κ3) is 3.40. The van der Waals surface area contributed by atoms with Crippen LogP contribution in [0.15, 0.2) is 54.7 Å². The van der Waals surface area contributed by atoms with Gasteiger partial charge >= 0.3 is 0 Å². The molecule has 0 aliphatic carbocycles. The summed E-state index contributed by atoms with van der Waals surface area (Å²) in [6, 6.07) is 15.4. The van der Waals surface area contributed by atoms with E-state index in [0.29, 0.717) is 10.6 Å². The zero-order chi connectivity index (χ0) is 16.2. The van der Waals surface area contributed by atoms with E-state index in [1.165, 1.54) is 11.3 Å². The van der Waals surface area contributed by atoms with E-state index in [0.717, 1.165) is 21.8 Å². The van der Waals surface area contributed by atoms with Gasteiger partial charge in [0.1, 0.15) is 10.6 Å². The highest BCUT2D eigenvalue weighted by molar-refractivity contribution is 7.17. The van der Waals surface area contributed by atoms with Gasteiger partial charge in [-0.3, -0.25) is 9.78 Å². The number of rotatable bonds is 4. The number of pyridine rings is 1. The van der Waals surface area contributed by atoms with Crippen LogP contribution in [0.25, 0.3) is 10.4 Å². The van der Waals surface area contributed by atoms with E-state index in [9.17, 15) is 4.79 Å². The van der Waals surface area contributed by atoms with Crippen LogP contribution in [0.4, 0.5) is 5.69 Å². The fraction of sp³-hybridized carbons (Fsp3) is 0.111. The van der Waals surface area contributed by atoms with Crippen LogP contribution in [-0.4, -0.2) is 18.0 Å². The second-order valence-electron chi connectivity index (χ2n) is 5.01. The first-order valence-electron chi connectivity index (χ1n) is 7.14. The third-order valence-electron chi connectivity index (χ3n) is 3.34. The van der Waals surface area contributed by atoms with Crippen molar-refractivity contribution in [2.24, 2.45) is 0 Å². The molecule has 3 rings (SSSR count). The number of amides is 1. The van der Waals surface area contributed by atoms with E-state index in [2.05, 4.69) is 10.3 Å². The molecule has 5 heteroatoms. The van der Waals surface area contributed by atoms with E-state index in [1.54, 1.807) is 19.4 Å². The number of ether oxygens (including phenoxy) is 1. The van der Waals surface area contributed by atoms with Gasteiger partial charge in [-0.25, -0.2) is 0 Å². The zero-order valence-corrected chi connectivity index (χ0v) is 13.7. The molecule has 0 saturated carbocycles. The second-order valence-corrected chi connectivity index (χ2v) is 6.07. The van der Waals surface area contributed by atoms with Crippen LogP contribution < -0.4 is 10.1 Å². The number of anilines is 1. The quantitative estimate of drug-likeness (QED) is 0.775. The minimum Gasteiger partial charge on any atom is -0.495 e. The lowest BCUT2D eigenvalue weighted by molar-refractivity contribution is 0.102. The van der Waals surface area contributed by atoms with Gasteiger partial charge in [-0.05, 0) is 30.7 Å². The lowest BCUT2D eigenvalue weighted by Gasteiger charge is -2.05. The molecule has 0 unspecified atom stereocenters. The molecule has 2 heterocycles. The Kier molecular flexibility index (Phi) is 4.39. The molecule has 3 aromatic rings. The number of methoxy groups -OCH3 is 1. The molecular formula is C18H16N2O2S. The maximum absolute atomic E-state index is 12.5. The molecule has 1 aromatic carbocycles. The molecular weight excluding hydrogens is 308 g/mol. The zero-order valence-electron chi connectivity index (χ0n) is 12.9. The van der Waals surface area contributed by atoms with Crippen LogP contribution in [-0.2, 0) is 0 Å². The van der Waals surface area contributed by atoms with Crippen LogP contribution in [0, 0.1) is 6.92 Å². The van der Waals surface area contributed by atoms with Crippen LogP contribution >= 0.6 is 11.3 Å². The van der Waals surface area contributed by atoms with Crippen molar-refractivity contribution < 1.29 is 9.53 Å². The van der Waals surface area contributed by atoms with Crippen molar-refractivity contribution in [3.63, 3.8) is 0 Å². The molecule has 4 nitrogen and oxygen atoms in total. The van der Waals surface area contributed by atoms with Crippen molar-refractivity contribution >= 4 is 22.9 Å². The summed E-state index contributed by atoms with van der Waals surface area (Å²) in [4.78, 5) is 18.2. The van der Waals surface area contributed by atoms with Crippen LogP contribution in [0.5, 0.6) is 5.75 Å². The Morgan fingerprint density at radius 3 is 2.65 bits per heavy atom. The largest absolute Gasteiger partial charge is 0.495 e. The predicted molar refractivity (Wildman–Crippen MR) is 93.2 cm³/mol. The number of carbonyl (C=O) groups is 1. The molecule has 116 valence electrons. The van der Waals surface area contributed by atoms with Gasteiger partial charge in [0.25, 0.3) is 5.91 Å². The van der Waals surface area contributed by atoms with Gasteiger partial charge in [-0.2, -0.15) is 0 Å². The summed E-state index contributed by atoms with van der Waals surface area (Å²) in [5.74, 6) is 0.400. The van der Waals surface area contributed by atoms with Crippen molar-refractivity contribution in [1.29, 1.82) is 0 Å². The highest BCUT2D eigenvalue weighted by atomic mass is 32.1. The first-order chi connectivity index (χ1) is 11.2. The molecule has 0 aliphatic heterocycles. The van der Waals surface area contributed by atoms with Gasteiger partial charge in [0.2, 0.25) is 0 Å². The number of thiophene rings is 1. The van der Waals surface area contributed by atoms with Crippen LogP contribution in [0.3, 0.4) is 0 Å². The molecule has 1 amide bonds. The van der Waals surface area contributed by atoms with Crippen molar-refractivity contribution in [1.82, 2.24) is 4.98 Å². The molecule has 0 aliphatic rings. The summed E-state index contributed by atoms with van der Waals surface area (Å²) < 4.78 is 5.37. The topological polar surface area (TPSA) is 51.2 Å². The van der Waals surface area contributed by atoms with E-state index in [-0.39, 0.29) is 5.91 Å². The smallest absolute Gasteiger partial charge is 0.269 e. The summed E-state index contributed by atoms with van der Waals surface area (Å²) in [6.07, 6.45) is 1.67. The summed E-state index contributed by atoms with van der Waals surface area (Å²) in [5, 5.41) is 2.89. The second kappa shape index (κ2) is 6.62. The molecule has 23 heavy (non-hydrogen) atoms. The van der Waals surface area contributed by atoms with Gasteiger partial charge in [0.05, 0.1) is 7.11 Å². The lowest BCUT2D eigenvalue weighted by Crippen LogP contribution is -2.11. The number of benzene rings is 1. The van der Waals surface area contributed by atoms with Crippen LogP contribution in [0.2, 0.25) is 0 Å². The number of nitrogens with zero attached hydrogens (tertiary/aromatic N) is 1. The minimum absolute atomic E-state index is 0.181. The fourth-order valence-corrected chi connectivity index (χ4v) is 3.27. The van der Waals surface area contributed by atoms with Gasteiger partial charge < -0.3 is 10.1 Å². The first kappa shape index (κ1) is 15.2. The van der Waals surface area contributed by atoms with Gasteiger partial charge in [0.15, 0.2) is 0 Å². The van der Waals surface area contributed by atoms with Crippen LogP contribution in [0.1, 0.15) is 15.4 Å². The molecule has 0 fully saturated rings. The number of carbonyl (C=O) groups excluding carboxylic acids is 1. The number of hydrogen-bond acceptors (Lipinski definition) is 4. The fourth-order valence-electron chi connectivity index (χ4n) is 2.24. The number of hydrogen-bond donors (Lipinski definition) is 1. The van der Waals surface area contributed by atoms with E-state index < -0.39 is 0 Å². The highest BCUT2D eigenvalue weighted by Gasteiger charge is 2.18. The first-order valence-corrected chi connectivity index (χ1v) is 7.96. The van der Waals surface area contributed by atoms with Gasteiger partial charge in [-0.15, -0.1) is 11.3 Å².